The molecular weight excluding hydrogens is 286 g/mol. The number of thioether (sulfide) groups is 1. The molecule has 0 aromatic carbocycles. The maximum atomic E-state index is 11.5. The minimum atomic E-state index is -0.130. The van der Waals surface area contributed by atoms with Gasteiger partial charge in [0, 0.05) is 17.2 Å². The first-order valence-electron chi connectivity index (χ1n) is 7.20. The van der Waals surface area contributed by atoms with E-state index in [0.717, 1.165) is 35.0 Å². The summed E-state index contributed by atoms with van der Waals surface area (Å²) >= 11 is 1.68. The summed E-state index contributed by atoms with van der Waals surface area (Å²) in [5.41, 5.74) is 6.99. The number of carbonyl (C=O) groups excluding carboxylic acids is 1. The molecule has 2 N–H and O–H groups in total. The van der Waals surface area contributed by atoms with Crippen molar-refractivity contribution in [1.29, 1.82) is 0 Å². The SMILES string of the molecule is COC(=O)CC1(CSc2nc(C(C)C)nc(N)c2C)CC1. The maximum absolute atomic E-state index is 11.5. The van der Waals surface area contributed by atoms with Gasteiger partial charge in [-0.3, -0.25) is 4.79 Å². The first kappa shape index (κ1) is 16.1. The van der Waals surface area contributed by atoms with E-state index in [2.05, 4.69) is 23.8 Å². The minimum absolute atomic E-state index is 0.0852. The van der Waals surface area contributed by atoms with Crippen LogP contribution in [0, 0.1) is 12.3 Å². The van der Waals surface area contributed by atoms with Gasteiger partial charge in [-0.15, -0.1) is 11.8 Å². The molecule has 1 fully saturated rings. The van der Waals surface area contributed by atoms with Gasteiger partial charge in [-0.25, -0.2) is 9.97 Å². The van der Waals surface area contributed by atoms with E-state index in [1.54, 1.807) is 11.8 Å². The van der Waals surface area contributed by atoms with Gasteiger partial charge < -0.3 is 10.5 Å². The topological polar surface area (TPSA) is 78.1 Å². The second-order valence-corrected chi connectivity index (χ2v) is 7.06. The largest absolute Gasteiger partial charge is 0.469 e. The normalized spacial score (nSPS) is 16.0. The number of nitrogens with two attached hydrogens (primary N) is 1. The first-order chi connectivity index (χ1) is 9.87. The van der Waals surface area contributed by atoms with Crippen molar-refractivity contribution in [3.63, 3.8) is 0 Å². The van der Waals surface area contributed by atoms with Crippen molar-refractivity contribution in [2.24, 2.45) is 5.41 Å². The summed E-state index contributed by atoms with van der Waals surface area (Å²) in [5.74, 6) is 2.32. The van der Waals surface area contributed by atoms with Crippen LogP contribution in [0.25, 0.3) is 0 Å². The Hall–Kier alpha value is -1.30. The van der Waals surface area contributed by atoms with Gasteiger partial charge in [0.05, 0.1) is 13.5 Å². The van der Waals surface area contributed by atoms with E-state index >= 15 is 0 Å². The van der Waals surface area contributed by atoms with Crippen LogP contribution in [0.3, 0.4) is 0 Å². The third-order valence-corrected chi connectivity index (χ3v) is 5.32. The molecule has 0 bridgehead atoms. The van der Waals surface area contributed by atoms with Crippen LogP contribution < -0.4 is 5.73 Å². The summed E-state index contributed by atoms with van der Waals surface area (Å²) in [6, 6.07) is 0. The van der Waals surface area contributed by atoms with Crippen LogP contribution in [0.15, 0.2) is 5.03 Å². The van der Waals surface area contributed by atoms with Gasteiger partial charge in [0.1, 0.15) is 16.7 Å². The second-order valence-electron chi connectivity index (χ2n) is 6.09. The highest BCUT2D eigenvalue weighted by Gasteiger charge is 2.44. The molecule has 1 aliphatic carbocycles. The Labute approximate surface area is 130 Å². The highest BCUT2D eigenvalue weighted by molar-refractivity contribution is 7.99. The van der Waals surface area contributed by atoms with Crippen LogP contribution in [0.1, 0.15) is 50.4 Å². The van der Waals surface area contributed by atoms with Crippen LogP contribution in [0.4, 0.5) is 5.82 Å². The van der Waals surface area contributed by atoms with Crippen LogP contribution in [-0.4, -0.2) is 28.8 Å². The zero-order valence-corrected chi connectivity index (χ0v) is 13.9. The van der Waals surface area contributed by atoms with E-state index in [4.69, 9.17) is 10.5 Å². The number of hydrogen-bond acceptors (Lipinski definition) is 6. The number of nitrogen functional groups attached to an aromatic ring is 1. The number of anilines is 1. The number of rotatable bonds is 6. The monoisotopic (exact) mass is 309 g/mol. The smallest absolute Gasteiger partial charge is 0.306 e. The zero-order valence-electron chi connectivity index (χ0n) is 13.1. The predicted molar refractivity (Wildman–Crippen MR) is 84.3 cm³/mol. The molecule has 6 heteroatoms. The van der Waals surface area contributed by atoms with Crippen molar-refractivity contribution in [2.45, 2.75) is 51.0 Å². The van der Waals surface area contributed by atoms with Crippen molar-refractivity contribution in [2.75, 3.05) is 18.6 Å². The van der Waals surface area contributed by atoms with E-state index in [-0.39, 0.29) is 17.3 Å². The molecule has 1 heterocycles. The molecule has 1 aliphatic rings. The number of nitrogens with zero attached hydrogens (tertiary/aromatic N) is 2. The fourth-order valence-corrected chi connectivity index (χ4v) is 3.39. The summed E-state index contributed by atoms with van der Waals surface area (Å²) in [5, 5.41) is 0.933. The molecule has 0 unspecified atom stereocenters. The summed E-state index contributed by atoms with van der Waals surface area (Å²) in [6.45, 7) is 6.05. The van der Waals surface area contributed by atoms with Gasteiger partial charge in [0.25, 0.3) is 0 Å². The van der Waals surface area contributed by atoms with E-state index in [0.29, 0.717) is 12.2 Å². The molecule has 1 saturated carbocycles. The summed E-state index contributed by atoms with van der Waals surface area (Å²) < 4.78 is 4.78. The maximum Gasteiger partial charge on any atom is 0.306 e. The molecular formula is C15H23N3O2S. The fourth-order valence-electron chi connectivity index (χ4n) is 2.08. The number of ether oxygens (including phenoxy) is 1. The highest BCUT2D eigenvalue weighted by atomic mass is 32.2. The summed E-state index contributed by atoms with van der Waals surface area (Å²) in [6.07, 6.45) is 2.64. The van der Waals surface area contributed by atoms with E-state index in [9.17, 15) is 4.79 Å². The van der Waals surface area contributed by atoms with Gasteiger partial charge in [0.2, 0.25) is 0 Å². The Kier molecular flexibility index (Phi) is 4.76. The second kappa shape index (κ2) is 6.22. The highest BCUT2D eigenvalue weighted by Crippen LogP contribution is 2.52. The van der Waals surface area contributed by atoms with Crippen LogP contribution in [0.2, 0.25) is 0 Å². The lowest BCUT2D eigenvalue weighted by Crippen LogP contribution is -2.13. The molecule has 2 rings (SSSR count). The molecule has 0 atom stereocenters. The Morgan fingerprint density at radius 1 is 1.43 bits per heavy atom. The molecule has 116 valence electrons. The molecule has 1 aromatic rings. The molecule has 0 spiro atoms. The van der Waals surface area contributed by atoms with E-state index in [1.807, 2.05) is 6.92 Å². The average Bonchev–Trinajstić information content (AvgIpc) is 3.20. The molecule has 0 aliphatic heterocycles. The van der Waals surface area contributed by atoms with Gasteiger partial charge in [-0.1, -0.05) is 13.8 Å². The molecule has 0 radical (unpaired) electrons. The van der Waals surface area contributed by atoms with E-state index < -0.39 is 0 Å². The van der Waals surface area contributed by atoms with Crippen LogP contribution in [0.5, 0.6) is 0 Å². The number of aromatic nitrogens is 2. The number of hydrogen-bond donors (Lipinski definition) is 1. The molecule has 0 amide bonds. The van der Waals surface area contributed by atoms with Gasteiger partial charge in [-0.2, -0.15) is 0 Å². The molecule has 21 heavy (non-hydrogen) atoms. The van der Waals surface area contributed by atoms with E-state index in [1.165, 1.54) is 7.11 Å². The van der Waals surface area contributed by atoms with Crippen LogP contribution >= 0.6 is 11.8 Å². The lowest BCUT2D eigenvalue weighted by molar-refractivity contribution is -0.141. The first-order valence-corrected chi connectivity index (χ1v) is 8.19. The van der Waals surface area contributed by atoms with Crippen molar-refractivity contribution in [3.05, 3.63) is 11.4 Å². The average molecular weight is 309 g/mol. The van der Waals surface area contributed by atoms with Gasteiger partial charge in [-0.05, 0) is 25.2 Å². The van der Waals surface area contributed by atoms with Gasteiger partial charge >= 0.3 is 5.97 Å². The standard InChI is InChI=1S/C15H23N3O2S/c1-9(2)13-17-12(16)10(3)14(18-13)21-8-15(5-6-15)7-11(19)20-4/h9H,5-8H2,1-4H3,(H2,16,17,18). The van der Waals surface area contributed by atoms with Crippen LogP contribution in [-0.2, 0) is 9.53 Å². The van der Waals surface area contributed by atoms with Crippen molar-refractivity contribution in [3.8, 4) is 0 Å². The number of esters is 1. The number of methoxy groups -OCH3 is 1. The minimum Gasteiger partial charge on any atom is -0.469 e. The number of carbonyl (C=O) groups is 1. The van der Waals surface area contributed by atoms with Crippen molar-refractivity contribution >= 4 is 23.5 Å². The Morgan fingerprint density at radius 3 is 2.62 bits per heavy atom. The van der Waals surface area contributed by atoms with Crippen molar-refractivity contribution < 1.29 is 9.53 Å². The Bertz CT molecular complexity index is 542. The Balaban J connectivity index is 2.08. The summed E-state index contributed by atoms with van der Waals surface area (Å²) in [4.78, 5) is 20.4. The fraction of sp³-hybridized carbons (Fsp3) is 0.667. The predicted octanol–water partition coefficient (Wildman–Crippen LogP) is 2.93. The van der Waals surface area contributed by atoms with Gasteiger partial charge in [0.15, 0.2) is 0 Å². The summed E-state index contributed by atoms with van der Waals surface area (Å²) in [7, 11) is 1.44. The Morgan fingerprint density at radius 2 is 2.10 bits per heavy atom. The third kappa shape index (κ3) is 3.87. The lowest BCUT2D eigenvalue weighted by Gasteiger charge is -2.15. The molecule has 0 saturated heterocycles. The third-order valence-electron chi connectivity index (χ3n) is 3.89. The van der Waals surface area contributed by atoms with Crippen molar-refractivity contribution in [1.82, 2.24) is 9.97 Å². The zero-order chi connectivity index (χ0) is 15.6. The quantitative estimate of drug-likeness (QED) is 0.494. The molecule has 5 nitrogen and oxygen atoms in total. The molecule has 1 aromatic heterocycles. The lowest BCUT2D eigenvalue weighted by atomic mass is 10.1.